The summed E-state index contributed by atoms with van der Waals surface area (Å²) in [6, 6.07) is 0.0407. The Hall–Kier alpha value is -0.830. The van der Waals surface area contributed by atoms with Gasteiger partial charge in [0.1, 0.15) is 6.10 Å². The maximum absolute atomic E-state index is 11.5. The second-order valence-electron chi connectivity index (χ2n) is 3.88. The molecule has 2 N–H and O–H groups in total. The van der Waals surface area contributed by atoms with Crippen LogP contribution < -0.4 is 5.73 Å². The number of hydrogen-bond acceptors (Lipinski definition) is 3. The molecule has 3 heteroatoms. The molecule has 1 saturated carbocycles. The summed E-state index contributed by atoms with van der Waals surface area (Å²) in [5.41, 5.74) is 5.65. The van der Waals surface area contributed by atoms with Gasteiger partial charge in [0.2, 0.25) is 0 Å². The van der Waals surface area contributed by atoms with Gasteiger partial charge in [-0.1, -0.05) is 12.2 Å². The van der Waals surface area contributed by atoms with Gasteiger partial charge in [-0.15, -0.1) is 0 Å². The van der Waals surface area contributed by atoms with E-state index in [1.54, 1.807) is 0 Å². The molecule has 13 heavy (non-hydrogen) atoms. The largest absolute Gasteiger partial charge is 0.462 e. The lowest BCUT2D eigenvalue weighted by molar-refractivity contribution is -0.156. The number of carbonyl (C=O) groups excluding carboxylic acids is 1. The van der Waals surface area contributed by atoms with Crippen LogP contribution in [0.15, 0.2) is 12.2 Å². The number of ether oxygens (including phenoxy) is 1. The second kappa shape index (κ2) is 3.50. The van der Waals surface area contributed by atoms with Crippen LogP contribution in [0.1, 0.15) is 25.7 Å². The maximum atomic E-state index is 11.5. The molecule has 0 aromatic carbocycles. The predicted molar refractivity (Wildman–Crippen MR) is 49.0 cm³/mol. The van der Waals surface area contributed by atoms with E-state index in [1.807, 2.05) is 12.2 Å². The minimum absolute atomic E-state index is 0.0407. The van der Waals surface area contributed by atoms with E-state index in [0.717, 1.165) is 12.8 Å². The topological polar surface area (TPSA) is 52.3 Å². The van der Waals surface area contributed by atoms with Gasteiger partial charge in [-0.25, -0.2) is 0 Å². The Kier molecular flexibility index (Phi) is 2.36. The van der Waals surface area contributed by atoms with Crippen molar-refractivity contribution in [2.45, 2.75) is 37.8 Å². The van der Waals surface area contributed by atoms with Crippen LogP contribution in [-0.4, -0.2) is 18.1 Å². The highest BCUT2D eigenvalue weighted by Crippen LogP contribution is 2.25. The van der Waals surface area contributed by atoms with Gasteiger partial charge in [-0.3, -0.25) is 4.79 Å². The van der Waals surface area contributed by atoms with Gasteiger partial charge in [0.05, 0.1) is 5.92 Å². The summed E-state index contributed by atoms with van der Waals surface area (Å²) in [4.78, 5) is 11.5. The third-order valence-electron chi connectivity index (χ3n) is 2.75. The van der Waals surface area contributed by atoms with Crippen LogP contribution in [0.25, 0.3) is 0 Å². The van der Waals surface area contributed by atoms with Gasteiger partial charge in [-0.05, 0) is 25.7 Å². The zero-order chi connectivity index (χ0) is 9.26. The van der Waals surface area contributed by atoms with E-state index >= 15 is 0 Å². The quantitative estimate of drug-likeness (QED) is 0.510. The third kappa shape index (κ3) is 1.91. The number of rotatable bonds is 2. The number of nitrogens with two attached hydrogens (primary N) is 1. The van der Waals surface area contributed by atoms with Gasteiger partial charge in [0, 0.05) is 6.04 Å². The Morgan fingerprint density at radius 2 is 2.15 bits per heavy atom. The third-order valence-corrected chi connectivity index (χ3v) is 2.75. The molecule has 2 atom stereocenters. The second-order valence-corrected chi connectivity index (χ2v) is 3.88. The first-order chi connectivity index (χ1) is 6.25. The monoisotopic (exact) mass is 181 g/mol. The van der Waals surface area contributed by atoms with Crippen molar-refractivity contribution in [2.75, 3.05) is 0 Å². The highest BCUT2D eigenvalue weighted by atomic mass is 16.5. The standard InChI is InChI=1S/C10H15NO2/c11-8-5-4-7(6-8)10(12)13-9-2-1-3-9/h4-5,7-9H,1-3,6,11H2/t7-,8+/m1/s1. The van der Waals surface area contributed by atoms with Crippen molar-refractivity contribution in [3.63, 3.8) is 0 Å². The van der Waals surface area contributed by atoms with Gasteiger partial charge < -0.3 is 10.5 Å². The van der Waals surface area contributed by atoms with Crippen LogP contribution in [-0.2, 0) is 9.53 Å². The highest BCUT2D eigenvalue weighted by molar-refractivity contribution is 5.75. The van der Waals surface area contributed by atoms with Crippen LogP contribution in [0.5, 0.6) is 0 Å². The number of esters is 1. The van der Waals surface area contributed by atoms with E-state index in [0.29, 0.717) is 6.42 Å². The molecule has 3 nitrogen and oxygen atoms in total. The first kappa shape index (κ1) is 8.75. The minimum atomic E-state index is -0.0890. The Morgan fingerprint density at radius 3 is 2.62 bits per heavy atom. The fourth-order valence-electron chi connectivity index (χ4n) is 1.64. The molecule has 0 aromatic rings. The average molecular weight is 181 g/mol. The van der Waals surface area contributed by atoms with Crippen LogP contribution in [0.4, 0.5) is 0 Å². The molecule has 0 amide bonds. The van der Waals surface area contributed by atoms with E-state index < -0.39 is 0 Å². The summed E-state index contributed by atoms with van der Waals surface area (Å²) < 4.78 is 5.27. The summed E-state index contributed by atoms with van der Waals surface area (Å²) in [6.45, 7) is 0. The van der Waals surface area contributed by atoms with Gasteiger partial charge in [0.15, 0.2) is 0 Å². The molecule has 0 saturated heterocycles. The molecule has 0 heterocycles. The van der Waals surface area contributed by atoms with E-state index in [2.05, 4.69) is 0 Å². The van der Waals surface area contributed by atoms with Crippen molar-refractivity contribution >= 4 is 5.97 Å². The number of hydrogen-bond donors (Lipinski definition) is 1. The summed E-state index contributed by atoms with van der Waals surface area (Å²) in [5, 5.41) is 0. The van der Waals surface area contributed by atoms with Crippen LogP contribution >= 0.6 is 0 Å². The molecular weight excluding hydrogens is 166 g/mol. The van der Waals surface area contributed by atoms with E-state index in [-0.39, 0.29) is 24.0 Å². The lowest BCUT2D eigenvalue weighted by Gasteiger charge is -2.26. The Balaban J connectivity index is 1.80. The van der Waals surface area contributed by atoms with Crippen molar-refractivity contribution in [2.24, 2.45) is 11.7 Å². The Bertz CT molecular complexity index is 233. The molecule has 0 radical (unpaired) electrons. The molecule has 2 aliphatic rings. The predicted octanol–water partition coefficient (Wildman–Crippen LogP) is 0.985. The smallest absolute Gasteiger partial charge is 0.313 e. The minimum Gasteiger partial charge on any atom is -0.462 e. The van der Waals surface area contributed by atoms with Crippen molar-refractivity contribution in [1.29, 1.82) is 0 Å². The van der Waals surface area contributed by atoms with Crippen molar-refractivity contribution in [3.8, 4) is 0 Å². The first-order valence-corrected chi connectivity index (χ1v) is 4.90. The van der Waals surface area contributed by atoms with E-state index in [4.69, 9.17) is 10.5 Å². The zero-order valence-corrected chi connectivity index (χ0v) is 7.61. The summed E-state index contributed by atoms with van der Waals surface area (Å²) >= 11 is 0. The molecule has 0 unspecified atom stereocenters. The average Bonchev–Trinajstić information content (AvgIpc) is 2.44. The van der Waals surface area contributed by atoms with Crippen molar-refractivity contribution < 1.29 is 9.53 Å². The summed E-state index contributed by atoms with van der Waals surface area (Å²) in [6.07, 6.45) is 7.92. The van der Waals surface area contributed by atoms with Crippen molar-refractivity contribution in [1.82, 2.24) is 0 Å². The van der Waals surface area contributed by atoms with Crippen LogP contribution in [0, 0.1) is 5.92 Å². The Labute approximate surface area is 77.9 Å². The van der Waals surface area contributed by atoms with E-state index in [9.17, 15) is 4.79 Å². The lowest BCUT2D eigenvalue weighted by Crippen LogP contribution is -2.29. The molecule has 0 aliphatic heterocycles. The highest BCUT2D eigenvalue weighted by Gasteiger charge is 2.28. The Morgan fingerprint density at radius 1 is 1.38 bits per heavy atom. The van der Waals surface area contributed by atoms with Gasteiger partial charge in [0.25, 0.3) is 0 Å². The van der Waals surface area contributed by atoms with Gasteiger partial charge >= 0.3 is 5.97 Å². The zero-order valence-electron chi connectivity index (χ0n) is 7.61. The molecule has 2 aliphatic carbocycles. The normalized spacial score (nSPS) is 33.0. The van der Waals surface area contributed by atoms with Crippen molar-refractivity contribution in [3.05, 3.63) is 12.2 Å². The molecule has 2 rings (SSSR count). The fraction of sp³-hybridized carbons (Fsp3) is 0.700. The van der Waals surface area contributed by atoms with Gasteiger partial charge in [-0.2, -0.15) is 0 Å². The molecule has 72 valence electrons. The molecule has 1 fully saturated rings. The molecule has 0 aromatic heterocycles. The maximum Gasteiger partial charge on any atom is 0.313 e. The SMILES string of the molecule is N[C@H]1C=C[C@@H](C(=O)OC2CCC2)C1. The molecular formula is C10H15NO2. The van der Waals surface area contributed by atoms with Crippen LogP contribution in [0.3, 0.4) is 0 Å². The molecule has 0 spiro atoms. The lowest BCUT2D eigenvalue weighted by atomic mass is 9.96. The summed E-state index contributed by atoms with van der Waals surface area (Å²) in [7, 11) is 0. The fourth-order valence-corrected chi connectivity index (χ4v) is 1.64. The van der Waals surface area contributed by atoms with Crippen LogP contribution in [0.2, 0.25) is 0 Å². The first-order valence-electron chi connectivity index (χ1n) is 4.90. The van der Waals surface area contributed by atoms with E-state index in [1.165, 1.54) is 6.42 Å². The summed E-state index contributed by atoms with van der Waals surface area (Å²) in [5.74, 6) is -0.176. The molecule has 0 bridgehead atoms. The number of carbonyl (C=O) groups is 1.